The molecule has 1 N–H and O–H groups in total. The van der Waals surface area contributed by atoms with Crippen LogP contribution in [0.5, 0.6) is 0 Å². The van der Waals surface area contributed by atoms with Crippen LogP contribution in [-0.4, -0.2) is 64.2 Å². The molecule has 0 radical (unpaired) electrons. The first-order chi connectivity index (χ1) is 12.1. The van der Waals surface area contributed by atoms with Gasteiger partial charge >= 0.3 is 0 Å². The Morgan fingerprint density at radius 1 is 1.20 bits per heavy atom. The molecule has 7 nitrogen and oxygen atoms in total. The van der Waals surface area contributed by atoms with E-state index in [0.717, 1.165) is 55.1 Å². The highest BCUT2D eigenvalue weighted by atomic mass is 16.2. The van der Waals surface area contributed by atoms with Gasteiger partial charge in [-0.1, -0.05) is 12.1 Å². The van der Waals surface area contributed by atoms with Gasteiger partial charge in [-0.15, -0.1) is 0 Å². The molecule has 2 aliphatic heterocycles. The average Bonchev–Trinajstić information content (AvgIpc) is 2.84. The minimum Gasteiger partial charge on any atom is -0.362 e. The van der Waals surface area contributed by atoms with Crippen LogP contribution in [0.25, 0.3) is 10.9 Å². The molecule has 0 saturated carbocycles. The lowest BCUT2D eigenvalue weighted by atomic mass is 10.0. The fourth-order valence-electron chi connectivity index (χ4n) is 3.57. The van der Waals surface area contributed by atoms with Gasteiger partial charge < -0.3 is 10.2 Å². The Balaban J connectivity index is 1.59. The van der Waals surface area contributed by atoms with Crippen LogP contribution in [-0.2, 0) is 11.3 Å². The predicted molar refractivity (Wildman–Crippen MR) is 94.5 cm³/mol. The normalized spacial score (nSPS) is 18.1. The highest BCUT2D eigenvalue weighted by Crippen LogP contribution is 2.28. The Hall–Kier alpha value is -2.54. The van der Waals surface area contributed by atoms with E-state index in [9.17, 15) is 9.59 Å². The third-order valence-electron chi connectivity index (χ3n) is 4.89. The zero-order valence-electron chi connectivity index (χ0n) is 14.3. The maximum Gasteiger partial charge on any atom is 0.219 e. The lowest BCUT2D eigenvalue weighted by molar-refractivity contribution is -0.128. The topological polar surface area (TPSA) is 78.4 Å². The van der Waals surface area contributed by atoms with Crippen molar-refractivity contribution in [2.24, 2.45) is 0 Å². The predicted octanol–water partition coefficient (Wildman–Crippen LogP) is 1.29. The Morgan fingerprint density at radius 2 is 2.08 bits per heavy atom. The maximum absolute atomic E-state index is 12.0. The number of benzene rings is 1. The van der Waals surface area contributed by atoms with Crippen molar-refractivity contribution in [3.8, 4) is 0 Å². The van der Waals surface area contributed by atoms with Crippen LogP contribution in [0.4, 0.5) is 5.82 Å². The zero-order chi connectivity index (χ0) is 17.4. The standard InChI is InChI=1S/C18H21N5O2/c1-12(24)23-7-3-6-22(8-9-23)11-16-20-14-5-2-4-13-15(25)10-19-18(21-16)17(13)14/h2,4-5H,3,6-11H2,1H3,(H,19,20,21). The van der Waals surface area contributed by atoms with Crippen molar-refractivity contribution >= 4 is 28.4 Å². The molecule has 2 aliphatic rings. The van der Waals surface area contributed by atoms with E-state index in [1.165, 1.54) is 0 Å². The summed E-state index contributed by atoms with van der Waals surface area (Å²) in [6.45, 7) is 5.84. The van der Waals surface area contributed by atoms with Crippen LogP contribution in [0, 0.1) is 0 Å². The van der Waals surface area contributed by atoms with Gasteiger partial charge in [-0.2, -0.15) is 0 Å². The van der Waals surface area contributed by atoms with Crippen LogP contribution in [0.15, 0.2) is 18.2 Å². The molecule has 0 unspecified atom stereocenters. The molecular weight excluding hydrogens is 318 g/mol. The van der Waals surface area contributed by atoms with Crippen LogP contribution in [0.2, 0.25) is 0 Å². The van der Waals surface area contributed by atoms with Gasteiger partial charge in [0.1, 0.15) is 11.6 Å². The van der Waals surface area contributed by atoms with Crippen molar-refractivity contribution < 1.29 is 9.59 Å². The monoisotopic (exact) mass is 339 g/mol. The molecule has 1 amide bonds. The van der Waals surface area contributed by atoms with Crippen molar-refractivity contribution in [3.05, 3.63) is 29.6 Å². The number of carbonyl (C=O) groups excluding carboxylic acids is 2. The number of nitrogens with zero attached hydrogens (tertiary/aromatic N) is 4. The van der Waals surface area contributed by atoms with E-state index in [1.54, 1.807) is 6.92 Å². The minimum atomic E-state index is 0.0753. The molecule has 0 atom stereocenters. The van der Waals surface area contributed by atoms with Crippen LogP contribution < -0.4 is 5.32 Å². The summed E-state index contributed by atoms with van der Waals surface area (Å²) in [5.74, 6) is 1.70. The number of hydrogen-bond acceptors (Lipinski definition) is 6. The Morgan fingerprint density at radius 3 is 2.92 bits per heavy atom. The Bertz CT molecular complexity index is 851. The van der Waals surface area contributed by atoms with E-state index in [-0.39, 0.29) is 18.2 Å². The van der Waals surface area contributed by atoms with Gasteiger partial charge in [-0.25, -0.2) is 9.97 Å². The Kier molecular flexibility index (Phi) is 4.09. The molecule has 1 aromatic heterocycles. The highest BCUT2D eigenvalue weighted by Gasteiger charge is 2.22. The summed E-state index contributed by atoms with van der Waals surface area (Å²) in [5, 5.41) is 3.94. The molecule has 0 bridgehead atoms. The average molecular weight is 339 g/mol. The number of nitrogens with one attached hydrogen (secondary N) is 1. The second-order valence-electron chi connectivity index (χ2n) is 6.60. The lowest BCUT2D eigenvalue weighted by Gasteiger charge is -2.22. The SMILES string of the molecule is CC(=O)N1CCCN(Cc2nc3c4c(cccc4n2)C(=O)CN3)CC1. The molecule has 7 heteroatoms. The molecule has 1 aromatic carbocycles. The van der Waals surface area contributed by atoms with E-state index >= 15 is 0 Å². The van der Waals surface area contributed by atoms with Crippen LogP contribution in [0.1, 0.15) is 29.5 Å². The van der Waals surface area contributed by atoms with Gasteiger partial charge in [0.2, 0.25) is 5.91 Å². The smallest absolute Gasteiger partial charge is 0.219 e. The van der Waals surface area contributed by atoms with Gasteiger partial charge in [0.15, 0.2) is 5.78 Å². The summed E-state index contributed by atoms with van der Waals surface area (Å²) in [6, 6.07) is 5.63. The number of anilines is 1. The molecule has 4 rings (SSSR count). The van der Waals surface area contributed by atoms with Crippen molar-refractivity contribution in [1.29, 1.82) is 0 Å². The minimum absolute atomic E-state index is 0.0753. The van der Waals surface area contributed by atoms with Gasteiger partial charge in [-0.3, -0.25) is 14.5 Å². The van der Waals surface area contributed by atoms with Crippen molar-refractivity contribution in [2.45, 2.75) is 19.9 Å². The number of amides is 1. The third kappa shape index (κ3) is 3.07. The molecule has 1 fully saturated rings. The third-order valence-corrected chi connectivity index (χ3v) is 4.89. The first-order valence-corrected chi connectivity index (χ1v) is 8.66. The number of rotatable bonds is 2. The van der Waals surface area contributed by atoms with E-state index in [0.29, 0.717) is 12.1 Å². The van der Waals surface area contributed by atoms with Gasteiger partial charge in [0, 0.05) is 38.7 Å². The highest BCUT2D eigenvalue weighted by molar-refractivity contribution is 6.15. The first kappa shape index (κ1) is 16.0. The number of Topliss-reactive ketones (excluding diaryl/α,β-unsaturated/α-hetero) is 1. The molecule has 3 heterocycles. The van der Waals surface area contributed by atoms with Gasteiger partial charge in [0.25, 0.3) is 0 Å². The lowest BCUT2D eigenvalue weighted by Crippen LogP contribution is -2.33. The van der Waals surface area contributed by atoms with Gasteiger partial charge in [0.05, 0.1) is 24.0 Å². The van der Waals surface area contributed by atoms with Crippen molar-refractivity contribution in [1.82, 2.24) is 19.8 Å². The second kappa shape index (κ2) is 6.40. The molecule has 2 aromatic rings. The van der Waals surface area contributed by atoms with E-state index in [1.807, 2.05) is 23.1 Å². The summed E-state index contributed by atoms with van der Waals surface area (Å²) in [4.78, 5) is 37.1. The fraction of sp³-hybridized carbons (Fsp3) is 0.444. The van der Waals surface area contributed by atoms with Crippen LogP contribution >= 0.6 is 0 Å². The summed E-state index contributed by atoms with van der Waals surface area (Å²) in [5.41, 5.74) is 1.50. The largest absolute Gasteiger partial charge is 0.362 e. The molecule has 1 saturated heterocycles. The number of aromatic nitrogens is 2. The maximum atomic E-state index is 12.0. The van der Waals surface area contributed by atoms with E-state index in [2.05, 4.69) is 20.2 Å². The summed E-state index contributed by atoms with van der Waals surface area (Å²) >= 11 is 0. The molecule has 25 heavy (non-hydrogen) atoms. The summed E-state index contributed by atoms with van der Waals surface area (Å²) in [7, 11) is 0. The molecular formula is C18H21N5O2. The summed E-state index contributed by atoms with van der Waals surface area (Å²) < 4.78 is 0. The summed E-state index contributed by atoms with van der Waals surface area (Å²) in [6.07, 6.45) is 0.955. The molecule has 130 valence electrons. The van der Waals surface area contributed by atoms with E-state index in [4.69, 9.17) is 0 Å². The van der Waals surface area contributed by atoms with Crippen molar-refractivity contribution in [3.63, 3.8) is 0 Å². The number of carbonyl (C=O) groups is 2. The quantitative estimate of drug-likeness (QED) is 0.888. The second-order valence-corrected chi connectivity index (χ2v) is 6.60. The van der Waals surface area contributed by atoms with Crippen LogP contribution in [0.3, 0.4) is 0 Å². The first-order valence-electron chi connectivity index (χ1n) is 8.66. The zero-order valence-corrected chi connectivity index (χ0v) is 14.3. The number of ketones is 1. The van der Waals surface area contributed by atoms with Crippen molar-refractivity contribution in [2.75, 3.05) is 38.0 Å². The molecule has 0 spiro atoms. The van der Waals surface area contributed by atoms with Gasteiger partial charge in [-0.05, 0) is 12.5 Å². The van der Waals surface area contributed by atoms with E-state index < -0.39 is 0 Å². The molecule has 0 aliphatic carbocycles. The fourth-order valence-corrected chi connectivity index (χ4v) is 3.57. The number of hydrogen-bond donors (Lipinski definition) is 1. The Labute approximate surface area is 146 Å².